The minimum absolute atomic E-state index is 0.0898. The van der Waals surface area contributed by atoms with Gasteiger partial charge in [-0.05, 0) is 25.7 Å². The zero-order chi connectivity index (χ0) is 12.8. The molecule has 5 N–H and O–H groups in total. The summed E-state index contributed by atoms with van der Waals surface area (Å²) in [5.74, 6) is 0. The fourth-order valence-electron chi connectivity index (χ4n) is 2.82. The van der Waals surface area contributed by atoms with E-state index >= 15 is 0 Å². The van der Waals surface area contributed by atoms with Gasteiger partial charge < -0.3 is 16.8 Å². The molecule has 0 aromatic rings. The molecule has 0 radical (unpaired) electrons. The van der Waals surface area contributed by atoms with Gasteiger partial charge in [0, 0.05) is 30.9 Å². The van der Waals surface area contributed by atoms with E-state index < -0.39 is 0 Å². The van der Waals surface area contributed by atoms with E-state index in [-0.39, 0.29) is 12.1 Å². The van der Waals surface area contributed by atoms with Crippen LogP contribution < -0.4 is 16.8 Å². The Bertz CT molecular complexity index is 300. The standard InChI is InChI=1S/C14H26N4/c15-11-5-1-3-7-13(11)17-9-10-18-14-8-4-2-6-12(14)16/h1,5,9,11-14,18H,2-4,6-8,10,15-16H2/t11-,12-,13-,14?/m1/s1. The van der Waals surface area contributed by atoms with E-state index in [1.54, 1.807) is 0 Å². The average molecular weight is 250 g/mol. The lowest BCUT2D eigenvalue weighted by Crippen LogP contribution is -2.47. The molecule has 0 bridgehead atoms. The van der Waals surface area contributed by atoms with Gasteiger partial charge in [0.05, 0.1) is 6.04 Å². The van der Waals surface area contributed by atoms with Crippen molar-refractivity contribution in [2.24, 2.45) is 16.5 Å². The molecule has 4 atom stereocenters. The van der Waals surface area contributed by atoms with Gasteiger partial charge >= 0.3 is 0 Å². The molecule has 1 fully saturated rings. The Morgan fingerprint density at radius 3 is 2.83 bits per heavy atom. The van der Waals surface area contributed by atoms with Crippen LogP contribution in [0.25, 0.3) is 0 Å². The van der Waals surface area contributed by atoms with E-state index in [0.29, 0.717) is 12.1 Å². The lowest BCUT2D eigenvalue weighted by molar-refractivity contribution is 0.339. The number of nitrogens with zero attached hydrogens (tertiary/aromatic N) is 1. The highest BCUT2D eigenvalue weighted by Gasteiger charge is 2.20. The van der Waals surface area contributed by atoms with Crippen molar-refractivity contribution in [3.63, 3.8) is 0 Å². The van der Waals surface area contributed by atoms with Crippen molar-refractivity contribution in [2.75, 3.05) is 6.54 Å². The predicted molar refractivity (Wildman–Crippen MR) is 76.9 cm³/mol. The molecule has 0 aromatic carbocycles. The quantitative estimate of drug-likeness (QED) is 0.514. The molecule has 1 saturated carbocycles. The lowest BCUT2D eigenvalue weighted by atomic mass is 9.91. The third kappa shape index (κ3) is 3.90. The summed E-state index contributed by atoms with van der Waals surface area (Å²) in [5, 5.41) is 3.49. The highest BCUT2D eigenvalue weighted by Crippen LogP contribution is 2.16. The van der Waals surface area contributed by atoms with Gasteiger partial charge in [0.2, 0.25) is 0 Å². The zero-order valence-corrected chi connectivity index (χ0v) is 11.1. The summed E-state index contributed by atoms with van der Waals surface area (Å²) in [6, 6.07) is 1.13. The molecule has 102 valence electrons. The molecule has 0 saturated heterocycles. The van der Waals surface area contributed by atoms with Crippen LogP contribution in [0.1, 0.15) is 38.5 Å². The number of rotatable bonds is 4. The minimum atomic E-state index is 0.0898. The van der Waals surface area contributed by atoms with Crippen LogP contribution in [0.3, 0.4) is 0 Å². The molecule has 2 rings (SSSR count). The Balaban J connectivity index is 1.69. The first kappa shape index (κ1) is 13.7. The van der Waals surface area contributed by atoms with E-state index in [1.165, 1.54) is 19.3 Å². The molecule has 0 aromatic heterocycles. The summed E-state index contributed by atoms with van der Waals surface area (Å²) in [5.41, 5.74) is 12.1. The van der Waals surface area contributed by atoms with Crippen LogP contribution in [0.2, 0.25) is 0 Å². The van der Waals surface area contributed by atoms with E-state index in [0.717, 1.165) is 25.8 Å². The maximum absolute atomic E-state index is 6.09. The highest BCUT2D eigenvalue weighted by atomic mass is 15.0. The first-order valence-electron chi connectivity index (χ1n) is 7.20. The topological polar surface area (TPSA) is 76.4 Å². The number of allylic oxidation sites excluding steroid dienone is 1. The van der Waals surface area contributed by atoms with E-state index in [1.807, 2.05) is 6.21 Å². The number of hydrogen-bond donors (Lipinski definition) is 3. The normalized spacial score (nSPS) is 37.2. The van der Waals surface area contributed by atoms with Crippen LogP contribution in [0.15, 0.2) is 17.1 Å². The Labute approximate surface area is 110 Å². The van der Waals surface area contributed by atoms with Crippen LogP contribution in [0, 0.1) is 0 Å². The van der Waals surface area contributed by atoms with Crippen molar-refractivity contribution >= 4 is 6.21 Å². The highest BCUT2D eigenvalue weighted by molar-refractivity contribution is 5.60. The second kappa shape index (κ2) is 7.02. The zero-order valence-electron chi connectivity index (χ0n) is 11.1. The summed E-state index contributed by atoms with van der Waals surface area (Å²) in [4.78, 5) is 4.57. The number of aliphatic imine (C=N–C) groups is 1. The fourth-order valence-corrected chi connectivity index (χ4v) is 2.82. The van der Waals surface area contributed by atoms with Crippen molar-refractivity contribution in [1.82, 2.24) is 5.32 Å². The fraction of sp³-hybridized carbons (Fsp3) is 0.786. The van der Waals surface area contributed by atoms with Gasteiger partial charge in [-0.3, -0.25) is 4.99 Å². The van der Waals surface area contributed by atoms with Gasteiger partial charge in [0.1, 0.15) is 0 Å². The summed E-state index contributed by atoms with van der Waals surface area (Å²) in [6.45, 7) is 0.811. The molecule has 2 aliphatic rings. The SMILES string of the molecule is N[C@@H]1CCCCC1NCC=N[C@@H]1CCC=C[C@H]1N. The smallest absolute Gasteiger partial charge is 0.0685 e. The molecule has 0 heterocycles. The predicted octanol–water partition coefficient (Wildman–Crippen LogP) is 0.963. The number of hydrogen-bond acceptors (Lipinski definition) is 4. The summed E-state index contributed by atoms with van der Waals surface area (Å²) >= 11 is 0. The van der Waals surface area contributed by atoms with Crippen LogP contribution in [0.5, 0.6) is 0 Å². The second-order valence-electron chi connectivity index (χ2n) is 5.44. The van der Waals surface area contributed by atoms with Crippen molar-refractivity contribution in [3.05, 3.63) is 12.2 Å². The van der Waals surface area contributed by atoms with Crippen molar-refractivity contribution < 1.29 is 0 Å². The molecular formula is C14H26N4. The molecule has 0 aliphatic heterocycles. The van der Waals surface area contributed by atoms with Crippen LogP contribution in [0.4, 0.5) is 0 Å². The molecule has 18 heavy (non-hydrogen) atoms. The second-order valence-corrected chi connectivity index (χ2v) is 5.44. The van der Waals surface area contributed by atoms with E-state index in [4.69, 9.17) is 11.5 Å². The van der Waals surface area contributed by atoms with Gasteiger partial charge in [0.25, 0.3) is 0 Å². The molecule has 0 amide bonds. The largest absolute Gasteiger partial charge is 0.326 e. The van der Waals surface area contributed by atoms with Crippen LogP contribution in [-0.4, -0.2) is 36.9 Å². The lowest BCUT2D eigenvalue weighted by Gasteiger charge is -2.29. The van der Waals surface area contributed by atoms with Gasteiger partial charge in [-0.1, -0.05) is 25.0 Å². The van der Waals surface area contributed by atoms with Gasteiger partial charge in [0.15, 0.2) is 0 Å². The monoisotopic (exact) mass is 250 g/mol. The van der Waals surface area contributed by atoms with E-state index in [2.05, 4.69) is 22.5 Å². The molecule has 2 aliphatic carbocycles. The average Bonchev–Trinajstić information content (AvgIpc) is 2.38. The first-order valence-corrected chi connectivity index (χ1v) is 7.20. The Morgan fingerprint density at radius 2 is 2.06 bits per heavy atom. The summed E-state index contributed by atoms with van der Waals surface area (Å²) in [6.07, 6.45) is 13.3. The number of nitrogens with two attached hydrogens (primary N) is 2. The third-order valence-electron chi connectivity index (χ3n) is 4.02. The maximum Gasteiger partial charge on any atom is 0.0685 e. The van der Waals surface area contributed by atoms with Gasteiger partial charge in [-0.15, -0.1) is 0 Å². The van der Waals surface area contributed by atoms with E-state index in [9.17, 15) is 0 Å². The summed E-state index contributed by atoms with van der Waals surface area (Å²) in [7, 11) is 0. The Hall–Kier alpha value is -0.710. The van der Waals surface area contributed by atoms with Crippen molar-refractivity contribution in [3.8, 4) is 0 Å². The molecule has 4 nitrogen and oxygen atoms in total. The first-order chi connectivity index (χ1) is 8.77. The maximum atomic E-state index is 6.09. The Morgan fingerprint density at radius 1 is 1.22 bits per heavy atom. The minimum Gasteiger partial charge on any atom is -0.326 e. The van der Waals surface area contributed by atoms with Gasteiger partial charge in [-0.25, -0.2) is 0 Å². The van der Waals surface area contributed by atoms with Crippen LogP contribution >= 0.6 is 0 Å². The number of nitrogens with one attached hydrogen (secondary N) is 1. The molecular weight excluding hydrogens is 224 g/mol. The van der Waals surface area contributed by atoms with Crippen molar-refractivity contribution in [1.29, 1.82) is 0 Å². The van der Waals surface area contributed by atoms with Crippen LogP contribution in [-0.2, 0) is 0 Å². The van der Waals surface area contributed by atoms with Gasteiger partial charge in [-0.2, -0.15) is 0 Å². The molecule has 4 heteroatoms. The summed E-state index contributed by atoms with van der Waals surface area (Å²) < 4.78 is 0. The third-order valence-corrected chi connectivity index (χ3v) is 4.02. The Kier molecular flexibility index (Phi) is 5.35. The molecule has 0 spiro atoms. The molecule has 1 unspecified atom stereocenters. The van der Waals surface area contributed by atoms with Crippen molar-refractivity contribution in [2.45, 2.75) is 62.7 Å².